The summed E-state index contributed by atoms with van der Waals surface area (Å²) in [7, 11) is 0. The Morgan fingerprint density at radius 2 is 1.67 bits per heavy atom. The van der Waals surface area contributed by atoms with Gasteiger partial charge in [0.15, 0.2) is 11.5 Å². The maximum absolute atomic E-state index is 13.2. The first-order chi connectivity index (χ1) is 12.9. The molecule has 0 spiro atoms. The summed E-state index contributed by atoms with van der Waals surface area (Å²) < 4.78 is 41.6. The molecule has 0 atom stereocenters. The Balaban J connectivity index is 1.61. The van der Waals surface area contributed by atoms with Crippen molar-refractivity contribution in [2.75, 3.05) is 18.5 Å². The van der Waals surface area contributed by atoms with Crippen molar-refractivity contribution in [3.63, 3.8) is 0 Å². The average molecular weight is 440 g/mol. The zero-order valence-electron chi connectivity index (χ0n) is 14.1. The molecule has 0 unspecified atom stereocenters. The van der Waals surface area contributed by atoms with Gasteiger partial charge in [-0.05, 0) is 42.7 Å². The topological polar surface area (TPSA) is 56.8 Å². The molecule has 2 heterocycles. The van der Waals surface area contributed by atoms with Crippen LogP contribution in [0, 0.1) is 0 Å². The molecule has 2 aliphatic rings. The van der Waals surface area contributed by atoms with Crippen molar-refractivity contribution in [1.82, 2.24) is 0 Å². The SMILES string of the molecule is O=C(Nc1ccc2c(c1)OC(F)(F)O2)C1(c2ccc(Br)cc2)CCOCC1. The van der Waals surface area contributed by atoms with Gasteiger partial charge in [-0.25, -0.2) is 0 Å². The summed E-state index contributed by atoms with van der Waals surface area (Å²) in [6.45, 7) is 0.938. The number of amides is 1. The van der Waals surface area contributed by atoms with Crippen molar-refractivity contribution < 1.29 is 27.8 Å². The molecule has 27 heavy (non-hydrogen) atoms. The standard InChI is InChI=1S/C19H16BrF2NO4/c20-13-3-1-12(2-4-13)18(7-9-25-10-8-18)17(24)23-14-5-6-15-16(11-14)27-19(21,22)26-15/h1-6,11H,7-10H2,(H,23,24). The van der Waals surface area contributed by atoms with Crippen LogP contribution >= 0.6 is 15.9 Å². The van der Waals surface area contributed by atoms with Crippen molar-refractivity contribution in [2.45, 2.75) is 24.6 Å². The second kappa shape index (κ2) is 6.76. The third kappa shape index (κ3) is 3.51. The Kier molecular flexibility index (Phi) is 4.55. The molecule has 0 radical (unpaired) electrons. The molecular weight excluding hydrogens is 424 g/mol. The molecule has 0 aromatic heterocycles. The van der Waals surface area contributed by atoms with Crippen LogP contribution < -0.4 is 14.8 Å². The van der Waals surface area contributed by atoms with Crippen LogP contribution in [0.3, 0.4) is 0 Å². The Morgan fingerprint density at radius 1 is 1.00 bits per heavy atom. The van der Waals surface area contributed by atoms with E-state index in [-0.39, 0.29) is 17.4 Å². The van der Waals surface area contributed by atoms with E-state index in [1.165, 1.54) is 18.2 Å². The first-order valence-electron chi connectivity index (χ1n) is 8.43. The van der Waals surface area contributed by atoms with Crippen molar-refractivity contribution in [2.24, 2.45) is 0 Å². The van der Waals surface area contributed by atoms with Gasteiger partial charge >= 0.3 is 6.29 Å². The number of hydrogen-bond donors (Lipinski definition) is 1. The van der Waals surface area contributed by atoms with Crippen LogP contribution in [0.25, 0.3) is 0 Å². The Labute approximate surface area is 162 Å². The summed E-state index contributed by atoms with van der Waals surface area (Å²) in [4.78, 5) is 13.2. The first kappa shape index (κ1) is 18.2. The van der Waals surface area contributed by atoms with E-state index in [1.54, 1.807) is 0 Å². The monoisotopic (exact) mass is 439 g/mol. The fraction of sp³-hybridized carbons (Fsp3) is 0.316. The van der Waals surface area contributed by atoms with Crippen molar-refractivity contribution in [3.8, 4) is 11.5 Å². The van der Waals surface area contributed by atoms with Crippen molar-refractivity contribution in [1.29, 1.82) is 0 Å². The lowest BCUT2D eigenvalue weighted by molar-refractivity contribution is -0.286. The average Bonchev–Trinajstić information content (AvgIpc) is 2.96. The van der Waals surface area contributed by atoms with Crippen LogP contribution in [0.1, 0.15) is 18.4 Å². The van der Waals surface area contributed by atoms with E-state index in [0.29, 0.717) is 31.7 Å². The molecule has 0 saturated carbocycles. The van der Waals surface area contributed by atoms with E-state index in [9.17, 15) is 13.6 Å². The van der Waals surface area contributed by atoms with E-state index in [2.05, 4.69) is 30.7 Å². The normalized spacial score (nSPS) is 19.5. The number of alkyl halides is 2. The number of hydrogen-bond acceptors (Lipinski definition) is 4. The molecule has 8 heteroatoms. The van der Waals surface area contributed by atoms with Gasteiger partial charge in [0.1, 0.15) is 0 Å². The summed E-state index contributed by atoms with van der Waals surface area (Å²) in [5.74, 6) is -0.382. The third-order valence-corrected chi connectivity index (χ3v) is 5.37. The van der Waals surface area contributed by atoms with E-state index < -0.39 is 11.7 Å². The number of nitrogens with one attached hydrogen (secondary N) is 1. The zero-order chi connectivity index (χ0) is 19.1. The van der Waals surface area contributed by atoms with Crippen LogP contribution in [-0.2, 0) is 14.9 Å². The van der Waals surface area contributed by atoms with Gasteiger partial charge in [0.25, 0.3) is 0 Å². The summed E-state index contributed by atoms with van der Waals surface area (Å²) in [6.07, 6.45) is -2.63. The van der Waals surface area contributed by atoms with Crippen molar-refractivity contribution in [3.05, 3.63) is 52.5 Å². The van der Waals surface area contributed by atoms with Gasteiger partial charge in [-0.2, -0.15) is 0 Å². The predicted molar refractivity (Wildman–Crippen MR) is 97.1 cm³/mol. The minimum absolute atomic E-state index is 0.0633. The highest BCUT2D eigenvalue weighted by atomic mass is 79.9. The summed E-state index contributed by atoms with van der Waals surface area (Å²) >= 11 is 3.40. The Bertz CT molecular complexity index is 867. The smallest absolute Gasteiger partial charge is 0.395 e. The maximum Gasteiger partial charge on any atom is 0.586 e. The van der Waals surface area contributed by atoms with Gasteiger partial charge in [0.05, 0.1) is 5.41 Å². The lowest BCUT2D eigenvalue weighted by Gasteiger charge is -2.36. The van der Waals surface area contributed by atoms with E-state index >= 15 is 0 Å². The molecule has 142 valence electrons. The molecule has 1 N–H and O–H groups in total. The minimum Gasteiger partial charge on any atom is -0.395 e. The first-order valence-corrected chi connectivity index (χ1v) is 9.22. The fourth-order valence-corrected chi connectivity index (χ4v) is 3.68. The molecule has 0 aliphatic carbocycles. The van der Waals surface area contributed by atoms with Gasteiger partial charge in [-0.15, -0.1) is 8.78 Å². The Morgan fingerprint density at radius 3 is 2.37 bits per heavy atom. The molecule has 2 aromatic rings. The quantitative estimate of drug-likeness (QED) is 0.766. The molecule has 2 aliphatic heterocycles. The van der Waals surface area contributed by atoms with Crippen LogP contribution in [-0.4, -0.2) is 25.4 Å². The molecule has 0 bridgehead atoms. The molecule has 1 amide bonds. The highest BCUT2D eigenvalue weighted by Gasteiger charge is 2.44. The van der Waals surface area contributed by atoms with E-state index in [4.69, 9.17) is 4.74 Å². The minimum atomic E-state index is -3.69. The van der Waals surface area contributed by atoms with Gasteiger partial charge in [0, 0.05) is 29.4 Å². The molecule has 1 fully saturated rings. The highest BCUT2D eigenvalue weighted by Crippen LogP contribution is 2.43. The van der Waals surface area contributed by atoms with E-state index in [0.717, 1.165) is 10.0 Å². The van der Waals surface area contributed by atoms with Gasteiger partial charge in [-0.3, -0.25) is 4.79 Å². The molecular formula is C19H16BrF2NO4. The van der Waals surface area contributed by atoms with Gasteiger partial charge in [-0.1, -0.05) is 28.1 Å². The largest absolute Gasteiger partial charge is 0.586 e. The third-order valence-electron chi connectivity index (χ3n) is 4.84. The summed E-state index contributed by atoms with van der Waals surface area (Å²) in [5.41, 5.74) is 0.501. The number of anilines is 1. The van der Waals surface area contributed by atoms with E-state index in [1.807, 2.05) is 24.3 Å². The number of benzene rings is 2. The summed E-state index contributed by atoms with van der Waals surface area (Å²) in [5, 5.41) is 2.84. The molecule has 4 rings (SSSR count). The van der Waals surface area contributed by atoms with Gasteiger partial charge < -0.3 is 19.5 Å². The number of carbonyl (C=O) groups excluding carboxylic acids is 1. The number of ether oxygens (including phenoxy) is 3. The molecule has 2 aromatic carbocycles. The second-order valence-corrected chi connectivity index (χ2v) is 7.40. The highest BCUT2D eigenvalue weighted by molar-refractivity contribution is 9.10. The fourth-order valence-electron chi connectivity index (χ4n) is 3.41. The maximum atomic E-state index is 13.2. The number of halogens is 3. The van der Waals surface area contributed by atoms with Crippen LogP contribution in [0.2, 0.25) is 0 Å². The molecule has 1 saturated heterocycles. The van der Waals surface area contributed by atoms with Crippen LogP contribution in [0.4, 0.5) is 14.5 Å². The lowest BCUT2D eigenvalue weighted by atomic mass is 9.73. The zero-order valence-corrected chi connectivity index (χ0v) is 15.7. The number of carbonyl (C=O) groups is 1. The second-order valence-electron chi connectivity index (χ2n) is 6.48. The van der Waals surface area contributed by atoms with Crippen molar-refractivity contribution >= 4 is 27.5 Å². The van der Waals surface area contributed by atoms with Gasteiger partial charge in [0.2, 0.25) is 5.91 Å². The molecule has 5 nitrogen and oxygen atoms in total. The Hall–Kier alpha value is -2.19. The predicted octanol–water partition coefficient (Wildman–Crippen LogP) is 4.46. The summed E-state index contributed by atoms with van der Waals surface area (Å²) in [6, 6.07) is 11.8. The van der Waals surface area contributed by atoms with Crippen LogP contribution in [0.15, 0.2) is 46.9 Å². The van der Waals surface area contributed by atoms with Crippen LogP contribution in [0.5, 0.6) is 11.5 Å². The number of fused-ring (bicyclic) bond motifs is 1. The lowest BCUT2D eigenvalue weighted by Crippen LogP contribution is -2.44. The number of rotatable bonds is 3.